The van der Waals surface area contributed by atoms with Gasteiger partial charge in [-0.1, -0.05) is 0 Å². The number of hydrogen-bond acceptors (Lipinski definition) is 0. The number of rotatable bonds is 4. The molecule has 0 atom stereocenters. The van der Waals surface area contributed by atoms with Gasteiger partial charge >= 0.3 is 70.8 Å². The Balaban J connectivity index is 2.91. The van der Waals surface area contributed by atoms with Crippen LogP contribution in [0.3, 0.4) is 0 Å². The summed E-state index contributed by atoms with van der Waals surface area (Å²) in [7, 11) is 0. The summed E-state index contributed by atoms with van der Waals surface area (Å²) in [5.41, 5.74) is 0. The zero-order valence-electron chi connectivity index (χ0n) is 7.15. The van der Waals surface area contributed by atoms with Crippen molar-refractivity contribution in [1.29, 1.82) is 0 Å². The van der Waals surface area contributed by atoms with E-state index in [2.05, 4.69) is 27.7 Å². The van der Waals surface area contributed by atoms with Gasteiger partial charge in [-0.3, -0.25) is 0 Å². The average molecular weight is 229 g/mol. The molecule has 9 heavy (non-hydrogen) atoms. The Hall–Kier alpha value is 0.870. The van der Waals surface area contributed by atoms with E-state index in [0.717, 1.165) is 11.8 Å². The van der Waals surface area contributed by atoms with Gasteiger partial charge in [0, 0.05) is 0 Å². The van der Waals surface area contributed by atoms with Crippen molar-refractivity contribution in [2.24, 2.45) is 11.8 Å². The molecule has 0 rings (SSSR count). The minimum absolute atomic E-state index is 0.0869. The Bertz CT molecular complexity index is 49.6. The monoisotopic (exact) mass is 229 g/mol. The first-order valence-electron chi connectivity index (χ1n) is 3.94. The van der Waals surface area contributed by atoms with Crippen molar-refractivity contribution in [3.05, 3.63) is 0 Å². The molecule has 0 saturated heterocycles. The summed E-state index contributed by atoms with van der Waals surface area (Å²) in [5.74, 6) is 1.95. The molecule has 0 aromatic carbocycles. The minimum atomic E-state index is -0.0869. The summed E-state index contributed by atoms with van der Waals surface area (Å²) in [4.78, 5) is 0. The van der Waals surface area contributed by atoms with Crippen LogP contribution in [0.4, 0.5) is 0 Å². The molecule has 1 radical (unpaired) electrons. The van der Waals surface area contributed by atoms with E-state index in [4.69, 9.17) is 0 Å². The van der Waals surface area contributed by atoms with Gasteiger partial charge in [0.1, 0.15) is 0 Å². The van der Waals surface area contributed by atoms with Gasteiger partial charge in [-0.25, -0.2) is 0 Å². The first-order valence-corrected chi connectivity index (χ1v) is 8.60. The molecular weight excluding hydrogens is 211 g/mol. The maximum atomic E-state index is 2.34. The van der Waals surface area contributed by atoms with Crippen LogP contribution in [0.5, 0.6) is 0 Å². The standard InChI is InChI=1S/2C4H9.In/c2*1-4(2)3;/h2*4H,1H2,2-3H3;. The second-order valence-corrected chi connectivity index (χ2v) is 7.89. The molecule has 0 aromatic heterocycles. The van der Waals surface area contributed by atoms with Crippen LogP contribution >= 0.6 is 0 Å². The predicted molar refractivity (Wildman–Crippen MR) is 45.0 cm³/mol. The summed E-state index contributed by atoms with van der Waals surface area (Å²) in [6, 6.07) is 0. The molecule has 0 bridgehead atoms. The third kappa shape index (κ3) is 8.87. The van der Waals surface area contributed by atoms with Crippen molar-refractivity contribution in [3.8, 4) is 0 Å². The Kier molecular flexibility index (Phi) is 6.18. The molecular formula is C8H18In. The Morgan fingerprint density at radius 3 is 1.44 bits per heavy atom. The third-order valence-electron chi connectivity index (χ3n) is 1.28. The van der Waals surface area contributed by atoms with Crippen LogP contribution in [0.15, 0.2) is 0 Å². The fourth-order valence-corrected chi connectivity index (χ4v) is 5.12. The predicted octanol–water partition coefficient (Wildman–Crippen LogP) is 2.84. The van der Waals surface area contributed by atoms with E-state index in [0.29, 0.717) is 0 Å². The molecule has 0 nitrogen and oxygen atoms in total. The van der Waals surface area contributed by atoms with E-state index in [1.54, 1.807) is 8.35 Å². The molecule has 53 valence electrons. The third-order valence-corrected chi connectivity index (χ3v) is 8.56. The topological polar surface area (TPSA) is 0 Å². The van der Waals surface area contributed by atoms with Crippen molar-refractivity contribution < 1.29 is 0 Å². The van der Waals surface area contributed by atoms with E-state index >= 15 is 0 Å². The zero-order chi connectivity index (χ0) is 7.28. The quantitative estimate of drug-likeness (QED) is 0.695. The summed E-state index contributed by atoms with van der Waals surface area (Å²) in [5, 5.41) is 0. The van der Waals surface area contributed by atoms with Gasteiger partial charge in [0.05, 0.1) is 0 Å². The molecule has 0 aliphatic rings. The zero-order valence-corrected chi connectivity index (χ0v) is 10.4. The Morgan fingerprint density at radius 2 is 1.22 bits per heavy atom. The molecule has 0 amide bonds. The molecule has 0 aromatic rings. The van der Waals surface area contributed by atoms with Gasteiger partial charge in [0.2, 0.25) is 0 Å². The molecule has 0 unspecified atom stereocenters. The molecule has 0 N–H and O–H groups in total. The molecule has 0 aliphatic carbocycles. The van der Waals surface area contributed by atoms with Crippen LogP contribution in [0.25, 0.3) is 0 Å². The summed E-state index contributed by atoms with van der Waals surface area (Å²) >= 11 is -0.0869. The molecule has 0 fully saturated rings. The van der Waals surface area contributed by atoms with Gasteiger partial charge in [-0.05, 0) is 0 Å². The summed E-state index contributed by atoms with van der Waals surface area (Å²) in [6.07, 6.45) is 0. The van der Waals surface area contributed by atoms with Gasteiger partial charge < -0.3 is 0 Å². The van der Waals surface area contributed by atoms with Crippen LogP contribution in [0, 0.1) is 11.8 Å². The van der Waals surface area contributed by atoms with E-state index in [1.165, 1.54) is 0 Å². The van der Waals surface area contributed by atoms with Crippen LogP contribution in [0.2, 0.25) is 8.35 Å². The molecule has 0 saturated carbocycles. The van der Waals surface area contributed by atoms with Crippen molar-refractivity contribution in [2.75, 3.05) is 0 Å². The van der Waals surface area contributed by atoms with E-state index in [1.807, 2.05) is 0 Å². The molecule has 0 heterocycles. The summed E-state index contributed by atoms with van der Waals surface area (Å²) in [6.45, 7) is 9.36. The van der Waals surface area contributed by atoms with Crippen LogP contribution in [-0.2, 0) is 0 Å². The van der Waals surface area contributed by atoms with E-state index in [-0.39, 0.29) is 22.9 Å². The maximum absolute atomic E-state index is 2.34. The van der Waals surface area contributed by atoms with E-state index < -0.39 is 0 Å². The van der Waals surface area contributed by atoms with Gasteiger partial charge in [0.15, 0.2) is 0 Å². The average Bonchev–Trinajstić information content (AvgIpc) is 1.63. The first-order chi connectivity index (χ1) is 4.13. The van der Waals surface area contributed by atoms with Crippen LogP contribution in [-0.4, -0.2) is 22.9 Å². The molecule has 1 heteroatoms. The van der Waals surface area contributed by atoms with Crippen molar-refractivity contribution in [3.63, 3.8) is 0 Å². The fraction of sp³-hybridized carbons (Fsp3) is 1.00. The second kappa shape index (κ2) is 5.64. The van der Waals surface area contributed by atoms with Gasteiger partial charge in [0.25, 0.3) is 0 Å². The van der Waals surface area contributed by atoms with Crippen LogP contribution in [0.1, 0.15) is 27.7 Å². The first kappa shape index (κ1) is 9.87. The number of hydrogen-bond donors (Lipinski definition) is 0. The molecule has 0 aliphatic heterocycles. The van der Waals surface area contributed by atoms with Crippen LogP contribution < -0.4 is 0 Å². The fourth-order valence-electron chi connectivity index (χ4n) is 0.763. The van der Waals surface area contributed by atoms with Crippen molar-refractivity contribution in [1.82, 2.24) is 0 Å². The normalized spacial score (nSPS) is 10.9. The van der Waals surface area contributed by atoms with Crippen molar-refractivity contribution >= 4 is 22.9 Å². The summed E-state index contributed by atoms with van der Waals surface area (Å²) < 4.78 is 3.18. The Morgan fingerprint density at radius 1 is 0.889 bits per heavy atom. The van der Waals surface area contributed by atoms with E-state index in [9.17, 15) is 0 Å². The van der Waals surface area contributed by atoms with Crippen molar-refractivity contribution in [2.45, 2.75) is 36.0 Å². The Labute approximate surface area is 70.8 Å². The SMILES string of the molecule is CC(C)[CH2][In][CH2]C(C)C. The molecule has 0 spiro atoms. The van der Waals surface area contributed by atoms with Gasteiger partial charge in [-0.2, -0.15) is 0 Å². The second-order valence-electron chi connectivity index (χ2n) is 3.55. The van der Waals surface area contributed by atoms with Gasteiger partial charge in [-0.15, -0.1) is 0 Å².